The second-order valence-electron chi connectivity index (χ2n) is 6.72. The summed E-state index contributed by atoms with van der Waals surface area (Å²) >= 11 is 12.0. The number of nitrogens with one attached hydrogen (secondary N) is 2. The van der Waals surface area contributed by atoms with Crippen LogP contribution in [0.1, 0.15) is 26.4 Å². The second-order valence-corrected chi connectivity index (χ2v) is 9.45. The average Bonchev–Trinajstić information content (AvgIpc) is 3.20. The van der Waals surface area contributed by atoms with Crippen LogP contribution in [0.4, 0.5) is 18.9 Å². The van der Waals surface area contributed by atoms with Gasteiger partial charge in [-0.3, -0.25) is 9.59 Å². The van der Waals surface area contributed by atoms with Crippen molar-refractivity contribution in [3.05, 3.63) is 63.4 Å². The van der Waals surface area contributed by atoms with Crippen LogP contribution in [0.25, 0.3) is 5.82 Å². The molecule has 0 saturated heterocycles. The van der Waals surface area contributed by atoms with Gasteiger partial charge in [0.15, 0.2) is 10.8 Å². The molecular formula is C19H14Cl2F3N5O4S. The Kier molecular flexibility index (Phi) is 6.92. The van der Waals surface area contributed by atoms with Crippen molar-refractivity contribution < 1.29 is 31.2 Å². The normalized spacial score (nSPS) is 11.9. The van der Waals surface area contributed by atoms with Crippen LogP contribution < -0.4 is 10.6 Å². The standard InChI is InChI=1S/C19H14Cl2F3N5O4S/c1-9-6-10(20)7-11(17(30)25-2)15(9)27-18(31)13-8-14(34(32,33)19(22,23)24)28-29(13)16-12(21)4-3-5-26-16/h3-8H,1-2H3,(H,25,30)(H,27,31). The van der Waals surface area contributed by atoms with Gasteiger partial charge < -0.3 is 10.6 Å². The number of pyridine rings is 1. The van der Waals surface area contributed by atoms with E-state index in [1.807, 2.05) is 0 Å². The molecule has 15 heteroatoms. The fourth-order valence-corrected chi connectivity index (χ4v) is 4.03. The first kappa shape index (κ1) is 25.5. The zero-order chi connectivity index (χ0) is 25.4. The highest BCUT2D eigenvalue weighted by molar-refractivity contribution is 7.92. The Hall–Kier alpha value is -3.16. The highest BCUT2D eigenvalue weighted by Crippen LogP contribution is 2.32. The predicted molar refractivity (Wildman–Crippen MR) is 117 cm³/mol. The molecule has 2 amide bonds. The number of hydrogen-bond donors (Lipinski definition) is 2. The number of aryl methyl sites for hydroxylation is 1. The molecule has 0 aliphatic rings. The molecule has 0 saturated carbocycles. The average molecular weight is 536 g/mol. The summed E-state index contributed by atoms with van der Waals surface area (Å²) in [5, 5.41) is 6.87. The summed E-state index contributed by atoms with van der Waals surface area (Å²) in [7, 11) is -4.57. The number of aromatic nitrogens is 3. The van der Waals surface area contributed by atoms with E-state index in [1.165, 1.54) is 44.4 Å². The van der Waals surface area contributed by atoms with E-state index in [0.29, 0.717) is 16.3 Å². The Balaban J connectivity index is 2.19. The molecule has 0 bridgehead atoms. The molecule has 3 rings (SSSR count). The number of benzene rings is 1. The van der Waals surface area contributed by atoms with E-state index in [2.05, 4.69) is 20.7 Å². The quantitative estimate of drug-likeness (QED) is 0.512. The van der Waals surface area contributed by atoms with Crippen molar-refractivity contribution in [3.8, 4) is 5.82 Å². The van der Waals surface area contributed by atoms with Crippen LogP contribution in [0.2, 0.25) is 10.0 Å². The van der Waals surface area contributed by atoms with E-state index in [9.17, 15) is 31.2 Å². The molecule has 0 fully saturated rings. The van der Waals surface area contributed by atoms with Crippen molar-refractivity contribution in [2.24, 2.45) is 0 Å². The van der Waals surface area contributed by atoms with Crippen LogP contribution in [-0.4, -0.2) is 47.6 Å². The van der Waals surface area contributed by atoms with Gasteiger partial charge in [0.25, 0.3) is 21.7 Å². The van der Waals surface area contributed by atoms with Crippen molar-refractivity contribution >= 4 is 50.5 Å². The third-order valence-corrected chi connectivity index (χ3v) is 6.32. The molecule has 0 aliphatic carbocycles. The largest absolute Gasteiger partial charge is 0.503 e. The van der Waals surface area contributed by atoms with Gasteiger partial charge in [0, 0.05) is 24.3 Å². The molecular weight excluding hydrogens is 522 g/mol. The number of carbonyl (C=O) groups is 2. The molecule has 2 aromatic heterocycles. The minimum atomic E-state index is -5.91. The van der Waals surface area contributed by atoms with Gasteiger partial charge >= 0.3 is 5.51 Å². The number of alkyl halides is 3. The summed E-state index contributed by atoms with van der Waals surface area (Å²) in [6.07, 6.45) is 1.22. The van der Waals surface area contributed by atoms with E-state index >= 15 is 0 Å². The summed E-state index contributed by atoms with van der Waals surface area (Å²) in [4.78, 5) is 29.3. The Labute approximate surface area is 200 Å². The van der Waals surface area contributed by atoms with Gasteiger partial charge in [-0.15, -0.1) is 0 Å². The molecule has 9 nitrogen and oxygen atoms in total. The van der Waals surface area contributed by atoms with Crippen LogP contribution in [0.15, 0.2) is 41.6 Å². The van der Waals surface area contributed by atoms with Crippen molar-refractivity contribution in [1.82, 2.24) is 20.1 Å². The summed E-state index contributed by atoms with van der Waals surface area (Å²) in [5.41, 5.74) is -6.00. The maximum absolute atomic E-state index is 13.1. The number of nitrogens with zero attached hydrogens (tertiary/aromatic N) is 3. The molecule has 0 unspecified atom stereocenters. The first-order valence-corrected chi connectivity index (χ1v) is 11.4. The summed E-state index contributed by atoms with van der Waals surface area (Å²) < 4.78 is 63.8. The zero-order valence-electron chi connectivity index (χ0n) is 17.2. The molecule has 0 atom stereocenters. The molecule has 0 radical (unpaired) electrons. The zero-order valence-corrected chi connectivity index (χ0v) is 19.6. The van der Waals surface area contributed by atoms with Crippen LogP contribution in [0.3, 0.4) is 0 Å². The number of anilines is 1. The second kappa shape index (κ2) is 9.24. The number of halogens is 5. The van der Waals surface area contributed by atoms with Gasteiger partial charge in [-0.2, -0.15) is 18.3 Å². The Morgan fingerprint density at radius 2 is 1.79 bits per heavy atom. The van der Waals surface area contributed by atoms with E-state index in [1.54, 1.807) is 0 Å². The summed E-state index contributed by atoms with van der Waals surface area (Å²) in [6, 6.07) is 5.88. The van der Waals surface area contributed by atoms with Gasteiger partial charge in [-0.25, -0.2) is 18.1 Å². The molecule has 0 spiro atoms. The third-order valence-electron chi connectivity index (χ3n) is 4.45. The number of amides is 2. The van der Waals surface area contributed by atoms with Crippen molar-refractivity contribution in [3.63, 3.8) is 0 Å². The first-order chi connectivity index (χ1) is 15.8. The number of rotatable bonds is 5. The lowest BCUT2D eigenvalue weighted by molar-refractivity contribution is -0.0438. The smallest absolute Gasteiger partial charge is 0.355 e. The van der Waals surface area contributed by atoms with Crippen molar-refractivity contribution in [2.45, 2.75) is 17.5 Å². The molecule has 0 aliphatic heterocycles. The van der Waals surface area contributed by atoms with Gasteiger partial charge in [-0.05, 0) is 36.8 Å². The third kappa shape index (κ3) is 4.72. The van der Waals surface area contributed by atoms with Crippen molar-refractivity contribution in [1.29, 1.82) is 0 Å². The lowest BCUT2D eigenvalue weighted by Gasteiger charge is -2.14. The van der Waals surface area contributed by atoms with E-state index in [4.69, 9.17) is 23.2 Å². The fraction of sp³-hybridized carbons (Fsp3) is 0.158. The highest BCUT2D eigenvalue weighted by atomic mass is 35.5. The number of sulfone groups is 1. The molecule has 3 aromatic rings. The molecule has 1 aromatic carbocycles. The maximum Gasteiger partial charge on any atom is 0.503 e. The lowest BCUT2D eigenvalue weighted by atomic mass is 10.1. The topological polar surface area (TPSA) is 123 Å². The molecule has 180 valence electrons. The van der Waals surface area contributed by atoms with Gasteiger partial charge in [0.1, 0.15) is 5.69 Å². The van der Waals surface area contributed by atoms with Gasteiger partial charge in [0.05, 0.1) is 16.3 Å². The van der Waals surface area contributed by atoms with Crippen LogP contribution in [0.5, 0.6) is 0 Å². The van der Waals surface area contributed by atoms with Crippen LogP contribution in [0, 0.1) is 6.92 Å². The summed E-state index contributed by atoms with van der Waals surface area (Å²) in [5.74, 6) is -1.99. The predicted octanol–water partition coefficient (Wildman–Crippen LogP) is 3.79. The fourth-order valence-electron chi connectivity index (χ4n) is 2.87. The Bertz CT molecular complexity index is 1410. The number of hydrogen-bond acceptors (Lipinski definition) is 6. The maximum atomic E-state index is 13.1. The van der Waals surface area contributed by atoms with Crippen LogP contribution in [-0.2, 0) is 9.84 Å². The monoisotopic (exact) mass is 535 g/mol. The lowest BCUT2D eigenvalue weighted by Crippen LogP contribution is -2.23. The molecule has 2 N–H and O–H groups in total. The SMILES string of the molecule is CNC(=O)c1cc(Cl)cc(C)c1NC(=O)c1cc(S(=O)(=O)C(F)(F)F)nn1-c1ncccc1Cl. The number of carbonyl (C=O) groups excluding carboxylic acids is 2. The van der Waals surface area contributed by atoms with Gasteiger partial charge in [-0.1, -0.05) is 23.2 Å². The van der Waals surface area contributed by atoms with Crippen LogP contribution >= 0.6 is 23.2 Å². The van der Waals surface area contributed by atoms with Crippen molar-refractivity contribution in [2.75, 3.05) is 12.4 Å². The molecule has 2 heterocycles. The van der Waals surface area contributed by atoms with Gasteiger partial charge in [0.2, 0.25) is 0 Å². The minimum Gasteiger partial charge on any atom is -0.355 e. The Morgan fingerprint density at radius 1 is 1.12 bits per heavy atom. The highest BCUT2D eigenvalue weighted by Gasteiger charge is 2.49. The van der Waals surface area contributed by atoms with E-state index in [-0.39, 0.29) is 27.1 Å². The molecule has 34 heavy (non-hydrogen) atoms. The summed E-state index contributed by atoms with van der Waals surface area (Å²) in [6.45, 7) is 1.53. The minimum absolute atomic E-state index is 0.00570. The van der Waals surface area contributed by atoms with E-state index in [0.717, 1.165) is 0 Å². The Morgan fingerprint density at radius 3 is 2.38 bits per heavy atom. The first-order valence-electron chi connectivity index (χ1n) is 9.13. The van der Waals surface area contributed by atoms with E-state index < -0.39 is 37.9 Å².